The van der Waals surface area contributed by atoms with Crippen molar-refractivity contribution in [2.75, 3.05) is 18.9 Å². The molecule has 2 aromatic carbocycles. The minimum absolute atomic E-state index is 0.232. The zero-order valence-corrected chi connectivity index (χ0v) is 12.6. The number of nitrogen functional groups attached to an aromatic ring is 1. The number of carbonyl (C=O) groups excluding carboxylic acids is 1. The Morgan fingerprint density at radius 1 is 1.14 bits per heavy atom. The number of benzene rings is 2. The second-order valence-corrected chi connectivity index (χ2v) is 5.12. The van der Waals surface area contributed by atoms with E-state index in [0.29, 0.717) is 40.2 Å². The fourth-order valence-corrected chi connectivity index (χ4v) is 1.98. The lowest BCUT2D eigenvalue weighted by Crippen LogP contribution is -2.28. The zero-order valence-electron chi connectivity index (χ0n) is 11.1. The van der Waals surface area contributed by atoms with E-state index in [0.717, 1.165) is 0 Å². The lowest BCUT2D eigenvalue weighted by atomic mass is 10.2. The van der Waals surface area contributed by atoms with Gasteiger partial charge in [-0.2, -0.15) is 0 Å². The molecule has 0 bridgehead atoms. The third-order valence-electron chi connectivity index (χ3n) is 2.70. The summed E-state index contributed by atoms with van der Waals surface area (Å²) in [5.41, 5.74) is 6.72. The molecule has 2 rings (SSSR count). The molecule has 0 unspecified atom stereocenters. The van der Waals surface area contributed by atoms with E-state index in [-0.39, 0.29) is 5.91 Å². The van der Waals surface area contributed by atoms with Crippen LogP contribution in [0.15, 0.2) is 42.5 Å². The Kier molecular flexibility index (Phi) is 5.31. The molecule has 0 aliphatic rings. The van der Waals surface area contributed by atoms with Gasteiger partial charge < -0.3 is 15.8 Å². The molecule has 0 fully saturated rings. The summed E-state index contributed by atoms with van der Waals surface area (Å²) in [6.07, 6.45) is 0. The predicted molar refractivity (Wildman–Crippen MR) is 85.1 cm³/mol. The van der Waals surface area contributed by atoms with Gasteiger partial charge in [-0.25, -0.2) is 0 Å². The molecule has 0 saturated heterocycles. The van der Waals surface area contributed by atoms with Crippen molar-refractivity contribution in [3.05, 3.63) is 58.1 Å². The molecule has 3 N–H and O–H groups in total. The fraction of sp³-hybridized carbons (Fsp3) is 0.133. The summed E-state index contributed by atoms with van der Waals surface area (Å²) in [6.45, 7) is 0.713. The van der Waals surface area contributed by atoms with Gasteiger partial charge in [-0.15, -0.1) is 0 Å². The van der Waals surface area contributed by atoms with Gasteiger partial charge in [-0.1, -0.05) is 29.3 Å². The number of anilines is 1. The van der Waals surface area contributed by atoms with E-state index in [9.17, 15) is 4.79 Å². The first kappa shape index (κ1) is 15.5. The van der Waals surface area contributed by atoms with Gasteiger partial charge >= 0.3 is 0 Å². The van der Waals surface area contributed by atoms with Crippen LogP contribution < -0.4 is 15.8 Å². The molecule has 6 heteroatoms. The maximum absolute atomic E-state index is 11.9. The van der Waals surface area contributed by atoms with Crippen LogP contribution in [0.25, 0.3) is 0 Å². The third kappa shape index (κ3) is 4.55. The average Bonchev–Trinajstić information content (AvgIpc) is 2.46. The van der Waals surface area contributed by atoms with E-state index in [1.165, 1.54) is 6.07 Å². The first-order valence-electron chi connectivity index (χ1n) is 6.28. The van der Waals surface area contributed by atoms with E-state index < -0.39 is 0 Å². The van der Waals surface area contributed by atoms with Crippen molar-refractivity contribution in [3.8, 4) is 5.75 Å². The predicted octanol–water partition coefficient (Wildman–Crippen LogP) is 3.38. The number of hydrogen-bond donors (Lipinski definition) is 2. The minimum atomic E-state index is -0.232. The van der Waals surface area contributed by atoms with E-state index >= 15 is 0 Å². The Balaban J connectivity index is 1.80. The molecule has 0 aliphatic heterocycles. The molecule has 0 radical (unpaired) electrons. The number of amides is 1. The zero-order chi connectivity index (χ0) is 15.2. The summed E-state index contributed by atoms with van der Waals surface area (Å²) in [7, 11) is 0. The van der Waals surface area contributed by atoms with Crippen LogP contribution in [0.4, 0.5) is 5.69 Å². The summed E-state index contributed by atoms with van der Waals surface area (Å²) < 4.78 is 5.47. The molecule has 110 valence electrons. The number of nitrogens with one attached hydrogen (secondary N) is 1. The van der Waals surface area contributed by atoms with Gasteiger partial charge in [0.1, 0.15) is 12.4 Å². The summed E-state index contributed by atoms with van der Waals surface area (Å²) in [4.78, 5) is 11.9. The van der Waals surface area contributed by atoms with Crippen molar-refractivity contribution >= 4 is 34.8 Å². The van der Waals surface area contributed by atoms with Crippen molar-refractivity contribution in [2.24, 2.45) is 0 Å². The third-order valence-corrected chi connectivity index (χ3v) is 3.44. The van der Waals surface area contributed by atoms with Crippen LogP contribution in [-0.4, -0.2) is 19.1 Å². The van der Waals surface area contributed by atoms with Crippen LogP contribution in [0.2, 0.25) is 10.0 Å². The van der Waals surface area contributed by atoms with Crippen LogP contribution in [-0.2, 0) is 0 Å². The smallest absolute Gasteiger partial charge is 0.251 e. The molecule has 1 amide bonds. The second-order valence-electron chi connectivity index (χ2n) is 4.31. The number of carbonyl (C=O) groups is 1. The van der Waals surface area contributed by atoms with Gasteiger partial charge in [0.25, 0.3) is 5.91 Å². The quantitative estimate of drug-likeness (QED) is 0.654. The number of hydrogen-bond acceptors (Lipinski definition) is 3. The number of halogens is 2. The van der Waals surface area contributed by atoms with Gasteiger partial charge in [-0.05, 0) is 30.3 Å². The first-order valence-corrected chi connectivity index (χ1v) is 7.03. The summed E-state index contributed by atoms with van der Waals surface area (Å²) in [5.74, 6) is 0.434. The van der Waals surface area contributed by atoms with Crippen LogP contribution in [0.1, 0.15) is 10.4 Å². The summed E-state index contributed by atoms with van der Waals surface area (Å²) in [6, 6.07) is 11.8. The maximum atomic E-state index is 11.9. The van der Waals surface area contributed by atoms with Gasteiger partial charge in [-0.3, -0.25) is 4.79 Å². The molecule has 4 nitrogen and oxygen atoms in total. The Bertz CT molecular complexity index is 647. The van der Waals surface area contributed by atoms with E-state index in [1.54, 1.807) is 36.4 Å². The van der Waals surface area contributed by atoms with Crippen LogP contribution in [0.3, 0.4) is 0 Å². The highest BCUT2D eigenvalue weighted by molar-refractivity contribution is 6.42. The van der Waals surface area contributed by atoms with Crippen LogP contribution in [0, 0.1) is 0 Å². The molecular formula is C15H14Cl2N2O2. The van der Waals surface area contributed by atoms with Crippen molar-refractivity contribution in [3.63, 3.8) is 0 Å². The standard InChI is InChI=1S/C15H14Cl2N2O2/c16-13-5-4-10(8-14(13)17)15(20)19-6-7-21-12-3-1-2-11(18)9-12/h1-5,8-9H,6-7,18H2,(H,19,20). The Morgan fingerprint density at radius 2 is 1.95 bits per heavy atom. The average molecular weight is 325 g/mol. The fourth-order valence-electron chi connectivity index (χ4n) is 1.68. The topological polar surface area (TPSA) is 64.3 Å². The number of nitrogens with two attached hydrogens (primary N) is 1. The van der Waals surface area contributed by atoms with Crippen molar-refractivity contribution in [1.82, 2.24) is 5.32 Å². The lowest BCUT2D eigenvalue weighted by molar-refractivity contribution is 0.0947. The largest absolute Gasteiger partial charge is 0.492 e. The van der Waals surface area contributed by atoms with Crippen molar-refractivity contribution in [1.29, 1.82) is 0 Å². The Hall–Kier alpha value is -1.91. The molecule has 0 spiro atoms. The summed E-state index contributed by atoms with van der Waals surface area (Å²) >= 11 is 11.7. The summed E-state index contributed by atoms with van der Waals surface area (Å²) in [5, 5.41) is 3.50. The van der Waals surface area contributed by atoms with Crippen molar-refractivity contribution < 1.29 is 9.53 Å². The van der Waals surface area contributed by atoms with Gasteiger partial charge in [0, 0.05) is 17.3 Å². The molecule has 2 aromatic rings. The Labute approximate surface area is 132 Å². The molecule has 0 saturated carbocycles. The van der Waals surface area contributed by atoms with Gasteiger partial charge in [0.15, 0.2) is 0 Å². The molecular weight excluding hydrogens is 311 g/mol. The van der Waals surface area contributed by atoms with E-state index in [4.69, 9.17) is 33.7 Å². The maximum Gasteiger partial charge on any atom is 0.251 e. The van der Waals surface area contributed by atoms with Crippen molar-refractivity contribution in [2.45, 2.75) is 0 Å². The van der Waals surface area contributed by atoms with Gasteiger partial charge in [0.2, 0.25) is 0 Å². The first-order chi connectivity index (χ1) is 10.1. The SMILES string of the molecule is Nc1cccc(OCCNC(=O)c2ccc(Cl)c(Cl)c2)c1. The lowest BCUT2D eigenvalue weighted by Gasteiger charge is -2.08. The normalized spacial score (nSPS) is 10.2. The van der Waals surface area contributed by atoms with Crippen LogP contribution >= 0.6 is 23.2 Å². The highest BCUT2D eigenvalue weighted by Crippen LogP contribution is 2.22. The minimum Gasteiger partial charge on any atom is -0.492 e. The molecule has 0 aromatic heterocycles. The highest BCUT2D eigenvalue weighted by Gasteiger charge is 2.07. The monoisotopic (exact) mass is 324 g/mol. The molecule has 0 heterocycles. The van der Waals surface area contributed by atoms with Crippen LogP contribution in [0.5, 0.6) is 5.75 Å². The number of ether oxygens (including phenoxy) is 1. The molecule has 0 aliphatic carbocycles. The highest BCUT2D eigenvalue weighted by atomic mass is 35.5. The number of rotatable bonds is 5. The van der Waals surface area contributed by atoms with Gasteiger partial charge in [0.05, 0.1) is 16.6 Å². The van der Waals surface area contributed by atoms with E-state index in [1.807, 2.05) is 0 Å². The molecule has 0 atom stereocenters. The Morgan fingerprint density at radius 3 is 2.67 bits per heavy atom. The second kappa shape index (κ2) is 7.20. The van der Waals surface area contributed by atoms with E-state index in [2.05, 4.69) is 5.32 Å². The molecule has 21 heavy (non-hydrogen) atoms.